The van der Waals surface area contributed by atoms with Crippen LogP contribution in [-0.2, 0) is 0 Å². The SMILES string of the molecule is COc1ccc(-c2csc3nc(C)n(N)c(=O)c23)cc1. The zero-order chi connectivity index (χ0) is 14.3. The van der Waals surface area contributed by atoms with Crippen molar-refractivity contribution in [3.63, 3.8) is 0 Å². The summed E-state index contributed by atoms with van der Waals surface area (Å²) < 4.78 is 6.22. The Hall–Kier alpha value is -2.34. The molecule has 0 bridgehead atoms. The van der Waals surface area contributed by atoms with Gasteiger partial charge in [-0.2, -0.15) is 0 Å². The Labute approximate surface area is 119 Å². The van der Waals surface area contributed by atoms with Crippen LogP contribution in [0.4, 0.5) is 0 Å². The molecule has 0 amide bonds. The second kappa shape index (κ2) is 4.64. The molecular formula is C14H13N3O2S. The number of rotatable bonds is 2. The van der Waals surface area contributed by atoms with E-state index in [0.717, 1.165) is 21.6 Å². The zero-order valence-electron chi connectivity index (χ0n) is 11.1. The smallest absolute Gasteiger partial charge is 0.281 e. The van der Waals surface area contributed by atoms with Crippen LogP contribution in [0.2, 0.25) is 0 Å². The summed E-state index contributed by atoms with van der Waals surface area (Å²) in [6.45, 7) is 1.72. The minimum Gasteiger partial charge on any atom is -0.497 e. The van der Waals surface area contributed by atoms with Gasteiger partial charge < -0.3 is 10.6 Å². The highest BCUT2D eigenvalue weighted by Crippen LogP contribution is 2.31. The average Bonchev–Trinajstić information content (AvgIpc) is 2.88. The van der Waals surface area contributed by atoms with Crippen molar-refractivity contribution in [1.82, 2.24) is 9.66 Å². The standard InChI is InChI=1S/C14H13N3O2S/c1-8-16-13-12(14(18)17(8)15)11(7-20-13)9-3-5-10(19-2)6-4-9/h3-7H,15H2,1-2H3. The summed E-state index contributed by atoms with van der Waals surface area (Å²) in [5, 5.41) is 2.49. The monoisotopic (exact) mass is 287 g/mol. The van der Waals surface area contributed by atoms with Crippen molar-refractivity contribution in [3.8, 4) is 16.9 Å². The van der Waals surface area contributed by atoms with E-state index in [-0.39, 0.29) is 5.56 Å². The molecule has 0 saturated heterocycles. The lowest BCUT2D eigenvalue weighted by Crippen LogP contribution is -2.30. The van der Waals surface area contributed by atoms with E-state index < -0.39 is 0 Å². The van der Waals surface area contributed by atoms with Gasteiger partial charge in [-0.25, -0.2) is 9.66 Å². The quantitative estimate of drug-likeness (QED) is 0.733. The van der Waals surface area contributed by atoms with Gasteiger partial charge in [0.2, 0.25) is 0 Å². The highest BCUT2D eigenvalue weighted by molar-refractivity contribution is 7.17. The highest BCUT2D eigenvalue weighted by atomic mass is 32.1. The Kier molecular flexibility index (Phi) is 2.94. The molecule has 0 atom stereocenters. The number of fused-ring (bicyclic) bond motifs is 1. The van der Waals surface area contributed by atoms with Crippen LogP contribution < -0.4 is 16.1 Å². The first-order valence-electron chi connectivity index (χ1n) is 6.02. The lowest BCUT2D eigenvalue weighted by atomic mass is 10.1. The van der Waals surface area contributed by atoms with Crippen molar-refractivity contribution >= 4 is 21.6 Å². The van der Waals surface area contributed by atoms with Crippen LogP contribution in [0.5, 0.6) is 5.75 Å². The van der Waals surface area contributed by atoms with E-state index in [0.29, 0.717) is 16.0 Å². The molecule has 0 spiro atoms. The molecule has 2 N–H and O–H groups in total. The largest absolute Gasteiger partial charge is 0.497 e. The molecule has 0 aliphatic rings. The molecule has 2 aromatic heterocycles. The fourth-order valence-electron chi connectivity index (χ4n) is 2.09. The first kappa shape index (κ1) is 12.7. The molecule has 6 heteroatoms. The first-order valence-corrected chi connectivity index (χ1v) is 6.90. The van der Waals surface area contributed by atoms with Crippen molar-refractivity contribution < 1.29 is 4.74 Å². The third kappa shape index (κ3) is 1.85. The van der Waals surface area contributed by atoms with Gasteiger partial charge in [0.05, 0.1) is 12.5 Å². The molecule has 3 aromatic rings. The molecule has 0 aliphatic heterocycles. The fraction of sp³-hybridized carbons (Fsp3) is 0.143. The summed E-state index contributed by atoms with van der Waals surface area (Å²) in [4.78, 5) is 17.4. The van der Waals surface area contributed by atoms with E-state index in [9.17, 15) is 4.79 Å². The van der Waals surface area contributed by atoms with Crippen molar-refractivity contribution in [1.29, 1.82) is 0 Å². The molecule has 20 heavy (non-hydrogen) atoms. The maximum absolute atomic E-state index is 12.3. The van der Waals surface area contributed by atoms with E-state index in [2.05, 4.69) is 4.98 Å². The molecule has 0 saturated carbocycles. The summed E-state index contributed by atoms with van der Waals surface area (Å²) in [5.74, 6) is 7.01. The Bertz CT molecular complexity index is 834. The summed E-state index contributed by atoms with van der Waals surface area (Å²) in [6, 6.07) is 7.56. The number of nitrogen functional groups attached to an aromatic ring is 1. The minimum atomic E-state index is -0.223. The van der Waals surface area contributed by atoms with Gasteiger partial charge in [0.15, 0.2) is 0 Å². The predicted octanol–water partition coefficient (Wildman–Crippen LogP) is 2.16. The van der Waals surface area contributed by atoms with Gasteiger partial charge in [-0.15, -0.1) is 11.3 Å². The Morgan fingerprint density at radius 1 is 1.30 bits per heavy atom. The van der Waals surface area contributed by atoms with Gasteiger partial charge in [0, 0.05) is 10.9 Å². The van der Waals surface area contributed by atoms with Crippen LogP contribution in [0.1, 0.15) is 5.82 Å². The van der Waals surface area contributed by atoms with Gasteiger partial charge in [0.25, 0.3) is 5.56 Å². The van der Waals surface area contributed by atoms with Crippen LogP contribution >= 0.6 is 11.3 Å². The Morgan fingerprint density at radius 2 is 2.00 bits per heavy atom. The number of nitrogens with zero attached hydrogens (tertiary/aromatic N) is 2. The fourth-order valence-corrected chi connectivity index (χ4v) is 3.07. The number of aryl methyl sites for hydroxylation is 1. The summed E-state index contributed by atoms with van der Waals surface area (Å²) in [7, 11) is 1.62. The van der Waals surface area contributed by atoms with Gasteiger partial charge in [-0.05, 0) is 24.6 Å². The molecule has 5 nitrogen and oxygen atoms in total. The number of ether oxygens (including phenoxy) is 1. The molecule has 102 valence electrons. The molecule has 2 heterocycles. The predicted molar refractivity (Wildman–Crippen MR) is 80.8 cm³/mol. The van der Waals surface area contributed by atoms with Crippen LogP contribution in [0, 0.1) is 6.92 Å². The number of hydrogen-bond acceptors (Lipinski definition) is 5. The van der Waals surface area contributed by atoms with Crippen molar-refractivity contribution in [2.75, 3.05) is 13.0 Å². The lowest BCUT2D eigenvalue weighted by Gasteiger charge is -2.05. The molecule has 0 radical (unpaired) electrons. The van der Waals surface area contributed by atoms with Gasteiger partial charge in [-0.1, -0.05) is 12.1 Å². The number of methoxy groups -OCH3 is 1. The van der Waals surface area contributed by atoms with Gasteiger partial charge >= 0.3 is 0 Å². The molecule has 3 rings (SSSR count). The second-order valence-electron chi connectivity index (χ2n) is 4.39. The van der Waals surface area contributed by atoms with E-state index >= 15 is 0 Å². The molecule has 1 aromatic carbocycles. The van der Waals surface area contributed by atoms with Crippen LogP contribution in [-0.4, -0.2) is 16.8 Å². The van der Waals surface area contributed by atoms with Crippen molar-refractivity contribution in [2.24, 2.45) is 0 Å². The van der Waals surface area contributed by atoms with Crippen LogP contribution in [0.25, 0.3) is 21.3 Å². The van der Waals surface area contributed by atoms with Gasteiger partial charge in [0.1, 0.15) is 16.4 Å². The maximum Gasteiger partial charge on any atom is 0.281 e. The highest BCUT2D eigenvalue weighted by Gasteiger charge is 2.14. The number of nitrogens with two attached hydrogens (primary N) is 1. The number of hydrogen-bond donors (Lipinski definition) is 1. The topological polar surface area (TPSA) is 70.1 Å². The Balaban J connectivity index is 2.26. The van der Waals surface area contributed by atoms with E-state index in [1.54, 1.807) is 14.0 Å². The summed E-state index contributed by atoms with van der Waals surface area (Å²) in [6.07, 6.45) is 0. The normalized spacial score (nSPS) is 10.9. The molecule has 0 unspecified atom stereocenters. The number of aromatic nitrogens is 2. The second-order valence-corrected chi connectivity index (χ2v) is 5.25. The van der Waals surface area contributed by atoms with E-state index in [1.165, 1.54) is 11.3 Å². The van der Waals surface area contributed by atoms with Crippen molar-refractivity contribution in [2.45, 2.75) is 6.92 Å². The third-order valence-corrected chi connectivity index (χ3v) is 4.09. The first-order chi connectivity index (χ1) is 9.61. The van der Waals surface area contributed by atoms with Crippen LogP contribution in [0.3, 0.4) is 0 Å². The summed E-state index contributed by atoms with van der Waals surface area (Å²) >= 11 is 1.44. The maximum atomic E-state index is 12.3. The molecule has 0 fully saturated rings. The number of benzene rings is 1. The zero-order valence-corrected chi connectivity index (χ0v) is 11.9. The van der Waals surface area contributed by atoms with Gasteiger partial charge in [-0.3, -0.25) is 4.79 Å². The Morgan fingerprint density at radius 3 is 2.65 bits per heavy atom. The molecule has 0 aliphatic carbocycles. The summed E-state index contributed by atoms with van der Waals surface area (Å²) in [5.41, 5.74) is 1.57. The van der Waals surface area contributed by atoms with Crippen molar-refractivity contribution in [3.05, 3.63) is 45.8 Å². The van der Waals surface area contributed by atoms with E-state index in [1.807, 2.05) is 29.6 Å². The molecular weight excluding hydrogens is 274 g/mol. The van der Waals surface area contributed by atoms with E-state index in [4.69, 9.17) is 10.6 Å². The number of thiophene rings is 1. The lowest BCUT2D eigenvalue weighted by molar-refractivity contribution is 0.415. The van der Waals surface area contributed by atoms with Crippen LogP contribution in [0.15, 0.2) is 34.4 Å². The minimum absolute atomic E-state index is 0.223. The third-order valence-electron chi connectivity index (χ3n) is 3.22. The average molecular weight is 287 g/mol.